The Kier molecular flexibility index (Phi) is 5.69. The minimum atomic E-state index is -0.517. The lowest BCUT2D eigenvalue weighted by atomic mass is 9.94. The van der Waals surface area contributed by atoms with Crippen molar-refractivity contribution in [2.75, 3.05) is 20.7 Å². The summed E-state index contributed by atoms with van der Waals surface area (Å²) in [6.07, 6.45) is 1.91. The van der Waals surface area contributed by atoms with Gasteiger partial charge in [0.05, 0.1) is 18.7 Å². The van der Waals surface area contributed by atoms with Gasteiger partial charge >= 0.3 is 12.0 Å². The van der Waals surface area contributed by atoms with Gasteiger partial charge in [-0.25, -0.2) is 9.59 Å². The summed E-state index contributed by atoms with van der Waals surface area (Å²) in [5.74, 6) is -0.399. The van der Waals surface area contributed by atoms with Crippen LogP contribution in [0.1, 0.15) is 29.3 Å². The first-order chi connectivity index (χ1) is 14.1. The average molecular weight is 412 g/mol. The molecule has 152 valence electrons. The molecule has 4 rings (SSSR count). The number of carbonyl (C=O) groups excluding carboxylic acids is 2. The molecule has 29 heavy (non-hydrogen) atoms. The topological polar surface area (TPSA) is 61.9 Å². The molecule has 2 aromatic rings. The van der Waals surface area contributed by atoms with Crippen LogP contribution in [0.4, 0.5) is 4.79 Å². The van der Waals surface area contributed by atoms with Crippen molar-refractivity contribution in [1.29, 1.82) is 0 Å². The van der Waals surface area contributed by atoms with E-state index in [1.165, 1.54) is 12.0 Å². The van der Waals surface area contributed by atoms with Crippen LogP contribution in [0.15, 0.2) is 59.1 Å². The first-order valence-electron chi connectivity index (χ1n) is 9.75. The fourth-order valence-corrected chi connectivity index (χ4v) is 4.57. The molecule has 1 aliphatic heterocycles. The van der Waals surface area contributed by atoms with Gasteiger partial charge in [0.2, 0.25) is 0 Å². The van der Waals surface area contributed by atoms with E-state index in [0.29, 0.717) is 12.1 Å². The number of carbonyl (C=O) groups is 2. The van der Waals surface area contributed by atoms with E-state index < -0.39 is 12.0 Å². The maximum Gasteiger partial charge on any atom is 0.338 e. The Morgan fingerprint density at radius 1 is 1.21 bits per heavy atom. The molecule has 0 bridgehead atoms. The lowest BCUT2D eigenvalue weighted by Gasteiger charge is -2.38. The van der Waals surface area contributed by atoms with Crippen LogP contribution in [-0.2, 0) is 16.1 Å². The second kappa shape index (κ2) is 8.39. The van der Waals surface area contributed by atoms with E-state index >= 15 is 0 Å². The van der Waals surface area contributed by atoms with Crippen LogP contribution in [-0.4, -0.2) is 48.5 Å². The predicted octanol–water partition coefficient (Wildman–Crippen LogP) is 3.54. The van der Waals surface area contributed by atoms with Gasteiger partial charge in [0.15, 0.2) is 0 Å². The molecular formula is C22H25N3O3S. The molecule has 0 radical (unpaired) electrons. The summed E-state index contributed by atoms with van der Waals surface area (Å²) in [6, 6.07) is 13.2. The molecule has 2 amide bonds. The summed E-state index contributed by atoms with van der Waals surface area (Å²) in [5, 5.41) is 5.08. The summed E-state index contributed by atoms with van der Waals surface area (Å²) in [4.78, 5) is 31.1. The molecule has 0 unspecified atom stereocenters. The summed E-state index contributed by atoms with van der Waals surface area (Å²) >= 11 is 1.70. The van der Waals surface area contributed by atoms with Crippen LogP contribution < -0.4 is 5.32 Å². The normalized spacial score (nSPS) is 19.5. The fraction of sp³-hybridized carbons (Fsp3) is 0.364. The van der Waals surface area contributed by atoms with Gasteiger partial charge in [-0.15, -0.1) is 11.3 Å². The lowest BCUT2D eigenvalue weighted by molar-refractivity contribution is -0.136. The van der Waals surface area contributed by atoms with Crippen LogP contribution in [0.3, 0.4) is 0 Å². The van der Waals surface area contributed by atoms with Gasteiger partial charge in [-0.05, 0) is 36.9 Å². The third-order valence-electron chi connectivity index (χ3n) is 5.25. The molecule has 1 N–H and O–H groups in total. The highest BCUT2D eigenvalue weighted by molar-refractivity contribution is 7.09. The number of amides is 2. The zero-order chi connectivity index (χ0) is 20.4. The highest BCUT2D eigenvalue weighted by Crippen LogP contribution is 2.38. The standard InChI is InChI=1S/C22H25N3O3S/c1-24(13-17-9-6-12-29-17)14-18-19(21(26)28-2)20(15-7-4-3-5-8-15)23-22(27)25(18)16-10-11-16/h3-9,12,16,20H,10-11,13-14H2,1-2H3,(H,23,27)/t20-/m0/s1. The van der Waals surface area contributed by atoms with E-state index in [-0.39, 0.29) is 12.1 Å². The SMILES string of the molecule is COC(=O)C1=C(CN(C)Cc2cccs2)N(C2CC2)C(=O)N[C@H]1c1ccccc1. The van der Waals surface area contributed by atoms with Gasteiger partial charge in [-0.1, -0.05) is 36.4 Å². The molecule has 1 aromatic carbocycles. The zero-order valence-corrected chi connectivity index (χ0v) is 17.4. The van der Waals surface area contributed by atoms with Gasteiger partial charge in [0.25, 0.3) is 0 Å². The molecule has 1 fully saturated rings. The number of nitrogens with zero attached hydrogens (tertiary/aromatic N) is 2. The molecule has 0 spiro atoms. The molecule has 1 aromatic heterocycles. The van der Waals surface area contributed by atoms with E-state index in [4.69, 9.17) is 4.74 Å². The number of hydrogen-bond donors (Lipinski definition) is 1. The van der Waals surface area contributed by atoms with E-state index in [2.05, 4.69) is 21.7 Å². The van der Waals surface area contributed by atoms with Crippen molar-refractivity contribution in [3.63, 3.8) is 0 Å². The molecule has 0 saturated heterocycles. The first kappa shape index (κ1) is 19.7. The van der Waals surface area contributed by atoms with Gasteiger partial charge < -0.3 is 10.1 Å². The van der Waals surface area contributed by atoms with Gasteiger partial charge in [0, 0.05) is 29.7 Å². The minimum absolute atomic E-state index is 0.145. The number of methoxy groups -OCH3 is 1. The van der Waals surface area contributed by atoms with E-state index in [1.807, 2.05) is 43.4 Å². The van der Waals surface area contributed by atoms with E-state index in [1.54, 1.807) is 16.2 Å². The molecule has 1 aliphatic carbocycles. The quantitative estimate of drug-likeness (QED) is 0.708. The van der Waals surface area contributed by atoms with Gasteiger partial charge in [0.1, 0.15) is 0 Å². The smallest absolute Gasteiger partial charge is 0.338 e. The van der Waals surface area contributed by atoms with Crippen LogP contribution in [0.25, 0.3) is 0 Å². The second-order valence-electron chi connectivity index (χ2n) is 7.50. The maximum absolute atomic E-state index is 13.0. The van der Waals surface area contributed by atoms with Crippen LogP contribution >= 0.6 is 11.3 Å². The molecular weight excluding hydrogens is 386 g/mol. The van der Waals surface area contributed by atoms with Gasteiger partial charge in [-0.3, -0.25) is 9.80 Å². The Balaban J connectivity index is 1.74. The molecule has 2 aliphatic rings. The molecule has 7 heteroatoms. The largest absolute Gasteiger partial charge is 0.466 e. The third kappa shape index (κ3) is 4.21. The van der Waals surface area contributed by atoms with Crippen LogP contribution in [0.5, 0.6) is 0 Å². The van der Waals surface area contributed by atoms with Crippen molar-refractivity contribution in [2.45, 2.75) is 31.5 Å². The van der Waals surface area contributed by atoms with Crippen molar-refractivity contribution < 1.29 is 14.3 Å². The Hall–Kier alpha value is -2.64. The Morgan fingerprint density at radius 2 is 1.97 bits per heavy atom. The number of ether oxygens (including phenoxy) is 1. The average Bonchev–Trinajstić information content (AvgIpc) is 3.43. The molecule has 1 atom stereocenters. The summed E-state index contributed by atoms with van der Waals surface area (Å²) in [5.41, 5.74) is 2.13. The monoisotopic (exact) mass is 411 g/mol. The number of thiophene rings is 1. The molecule has 1 saturated carbocycles. The minimum Gasteiger partial charge on any atom is -0.466 e. The Morgan fingerprint density at radius 3 is 2.59 bits per heavy atom. The maximum atomic E-state index is 13.0. The summed E-state index contributed by atoms with van der Waals surface area (Å²) in [6.45, 7) is 1.25. The number of urea groups is 1. The Labute approximate surface area is 174 Å². The number of benzene rings is 1. The summed E-state index contributed by atoms with van der Waals surface area (Å²) < 4.78 is 5.15. The summed E-state index contributed by atoms with van der Waals surface area (Å²) in [7, 11) is 3.40. The van der Waals surface area contributed by atoms with Crippen molar-refractivity contribution in [3.05, 3.63) is 69.6 Å². The molecule has 6 nitrogen and oxygen atoms in total. The lowest BCUT2D eigenvalue weighted by Crippen LogP contribution is -2.51. The number of rotatable bonds is 7. The molecule has 2 heterocycles. The van der Waals surface area contributed by atoms with Crippen LogP contribution in [0.2, 0.25) is 0 Å². The van der Waals surface area contributed by atoms with E-state index in [0.717, 1.165) is 30.6 Å². The number of hydrogen-bond acceptors (Lipinski definition) is 5. The third-order valence-corrected chi connectivity index (χ3v) is 6.11. The van der Waals surface area contributed by atoms with Gasteiger partial charge in [-0.2, -0.15) is 0 Å². The Bertz CT molecular complexity index is 907. The number of likely N-dealkylation sites (N-methyl/N-ethyl adjacent to an activating group) is 1. The highest BCUT2D eigenvalue weighted by Gasteiger charge is 2.44. The fourth-order valence-electron chi connectivity index (χ4n) is 3.79. The number of esters is 1. The zero-order valence-electron chi connectivity index (χ0n) is 16.6. The van der Waals surface area contributed by atoms with Crippen LogP contribution in [0, 0.1) is 0 Å². The number of nitrogens with one attached hydrogen (secondary N) is 1. The highest BCUT2D eigenvalue weighted by atomic mass is 32.1. The van der Waals surface area contributed by atoms with Crippen molar-refractivity contribution in [3.8, 4) is 0 Å². The predicted molar refractivity (Wildman–Crippen MR) is 112 cm³/mol. The second-order valence-corrected chi connectivity index (χ2v) is 8.53. The van der Waals surface area contributed by atoms with E-state index in [9.17, 15) is 9.59 Å². The van der Waals surface area contributed by atoms with Crippen molar-refractivity contribution in [2.24, 2.45) is 0 Å². The first-order valence-corrected chi connectivity index (χ1v) is 10.6. The van der Waals surface area contributed by atoms with Crippen molar-refractivity contribution >= 4 is 23.3 Å². The van der Waals surface area contributed by atoms with Crippen molar-refractivity contribution in [1.82, 2.24) is 15.1 Å².